The van der Waals surface area contributed by atoms with Crippen LogP contribution in [0.4, 0.5) is 5.69 Å². The molecule has 0 aliphatic carbocycles. The zero-order chi connectivity index (χ0) is 12.8. The number of aliphatic hydroxyl groups excluding tert-OH is 1. The van der Waals surface area contributed by atoms with Crippen LogP contribution in [-0.4, -0.2) is 45.8 Å². The van der Waals surface area contributed by atoms with E-state index < -0.39 is 0 Å². The Morgan fingerprint density at radius 2 is 1.88 bits per heavy atom. The van der Waals surface area contributed by atoms with Crippen LogP contribution < -0.4 is 14.4 Å². The summed E-state index contributed by atoms with van der Waals surface area (Å²) in [5.74, 6) is 1.60. The van der Waals surface area contributed by atoms with Crippen molar-refractivity contribution in [2.75, 3.05) is 45.6 Å². The van der Waals surface area contributed by atoms with E-state index in [9.17, 15) is 0 Å². The molecule has 0 aliphatic heterocycles. The van der Waals surface area contributed by atoms with Gasteiger partial charge in [-0.3, -0.25) is 0 Å². The van der Waals surface area contributed by atoms with Crippen molar-refractivity contribution in [1.29, 1.82) is 0 Å². The Bertz CT molecular complexity index is 371. The highest BCUT2D eigenvalue weighted by Crippen LogP contribution is 2.38. The Kier molecular flexibility index (Phi) is 5.44. The average Bonchev–Trinajstić information content (AvgIpc) is 2.37. The van der Waals surface area contributed by atoms with Crippen molar-refractivity contribution < 1.29 is 14.6 Å². The van der Waals surface area contributed by atoms with E-state index in [-0.39, 0.29) is 6.61 Å². The van der Waals surface area contributed by atoms with Crippen LogP contribution in [0.2, 0.25) is 0 Å². The SMILES string of the molecule is COc1cc(N(C)CCO)c(OC)cc1SC. The van der Waals surface area contributed by atoms with Crippen LogP contribution in [0.25, 0.3) is 0 Å². The van der Waals surface area contributed by atoms with Crippen molar-refractivity contribution >= 4 is 17.4 Å². The van der Waals surface area contributed by atoms with E-state index in [0.717, 1.165) is 22.1 Å². The minimum Gasteiger partial charge on any atom is -0.496 e. The third kappa shape index (κ3) is 3.20. The summed E-state index contributed by atoms with van der Waals surface area (Å²) in [5.41, 5.74) is 0.913. The molecule has 0 unspecified atom stereocenters. The lowest BCUT2D eigenvalue weighted by atomic mass is 10.2. The number of likely N-dealkylation sites (N-methyl/N-ethyl adjacent to an activating group) is 1. The lowest BCUT2D eigenvalue weighted by molar-refractivity contribution is 0.303. The Morgan fingerprint density at radius 1 is 1.24 bits per heavy atom. The summed E-state index contributed by atoms with van der Waals surface area (Å²) >= 11 is 1.61. The third-order valence-corrected chi connectivity index (χ3v) is 3.29. The standard InChI is InChI=1S/C12H19NO3S/c1-13(5-6-14)9-7-11(16-3)12(17-4)8-10(9)15-2/h7-8,14H,5-6H2,1-4H3. The minimum absolute atomic E-state index is 0.103. The van der Waals surface area contributed by atoms with Crippen LogP contribution in [0.15, 0.2) is 17.0 Å². The zero-order valence-electron chi connectivity index (χ0n) is 10.7. The smallest absolute Gasteiger partial charge is 0.143 e. The molecule has 96 valence electrons. The van der Waals surface area contributed by atoms with Gasteiger partial charge in [-0.1, -0.05) is 0 Å². The van der Waals surface area contributed by atoms with Gasteiger partial charge in [0, 0.05) is 19.7 Å². The number of aliphatic hydroxyl groups is 1. The second-order valence-electron chi connectivity index (χ2n) is 3.52. The quantitative estimate of drug-likeness (QED) is 0.788. The van der Waals surface area contributed by atoms with Gasteiger partial charge in [-0.25, -0.2) is 0 Å². The molecule has 1 rings (SSSR count). The first-order valence-corrected chi connectivity index (χ1v) is 6.52. The molecule has 0 aromatic heterocycles. The van der Waals surface area contributed by atoms with Gasteiger partial charge in [0.15, 0.2) is 0 Å². The lowest BCUT2D eigenvalue weighted by Crippen LogP contribution is -2.21. The van der Waals surface area contributed by atoms with Gasteiger partial charge >= 0.3 is 0 Å². The molecule has 17 heavy (non-hydrogen) atoms. The predicted molar refractivity (Wildman–Crippen MR) is 71.7 cm³/mol. The van der Waals surface area contributed by atoms with Crippen molar-refractivity contribution in [3.8, 4) is 11.5 Å². The fourth-order valence-electron chi connectivity index (χ4n) is 1.58. The Morgan fingerprint density at radius 3 is 2.35 bits per heavy atom. The number of hydrogen-bond acceptors (Lipinski definition) is 5. The van der Waals surface area contributed by atoms with Gasteiger partial charge in [-0.15, -0.1) is 11.8 Å². The van der Waals surface area contributed by atoms with Gasteiger partial charge in [0.25, 0.3) is 0 Å². The third-order valence-electron chi connectivity index (χ3n) is 2.53. The second kappa shape index (κ2) is 6.61. The average molecular weight is 257 g/mol. The van der Waals surface area contributed by atoms with Crippen molar-refractivity contribution in [3.05, 3.63) is 12.1 Å². The van der Waals surface area contributed by atoms with E-state index in [1.54, 1.807) is 26.0 Å². The molecule has 0 saturated carbocycles. The van der Waals surface area contributed by atoms with Crippen molar-refractivity contribution in [2.24, 2.45) is 0 Å². The number of anilines is 1. The molecule has 0 heterocycles. The Hall–Kier alpha value is -1.07. The van der Waals surface area contributed by atoms with Gasteiger partial charge in [0.1, 0.15) is 11.5 Å². The van der Waals surface area contributed by atoms with Crippen LogP contribution >= 0.6 is 11.8 Å². The van der Waals surface area contributed by atoms with E-state index in [4.69, 9.17) is 14.6 Å². The number of benzene rings is 1. The van der Waals surface area contributed by atoms with Crippen molar-refractivity contribution in [2.45, 2.75) is 4.90 Å². The van der Waals surface area contributed by atoms with E-state index in [2.05, 4.69) is 0 Å². The molecule has 0 saturated heterocycles. The fourth-order valence-corrected chi connectivity index (χ4v) is 2.15. The summed E-state index contributed by atoms with van der Waals surface area (Å²) in [7, 11) is 5.20. The lowest BCUT2D eigenvalue weighted by Gasteiger charge is -2.22. The van der Waals surface area contributed by atoms with E-state index in [1.807, 2.05) is 30.3 Å². The van der Waals surface area contributed by atoms with Gasteiger partial charge in [-0.2, -0.15) is 0 Å². The van der Waals surface area contributed by atoms with Crippen molar-refractivity contribution in [3.63, 3.8) is 0 Å². The van der Waals surface area contributed by atoms with Gasteiger partial charge < -0.3 is 19.5 Å². The molecule has 4 nitrogen and oxygen atoms in total. The summed E-state index contributed by atoms with van der Waals surface area (Å²) in [5, 5.41) is 8.97. The van der Waals surface area contributed by atoms with Crippen LogP contribution in [0.1, 0.15) is 0 Å². The number of methoxy groups -OCH3 is 2. The van der Waals surface area contributed by atoms with E-state index in [0.29, 0.717) is 6.54 Å². The first-order valence-electron chi connectivity index (χ1n) is 5.30. The summed E-state index contributed by atoms with van der Waals surface area (Å²) in [4.78, 5) is 2.97. The highest BCUT2D eigenvalue weighted by atomic mass is 32.2. The molecule has 1 aromatic carbocycles. The van der Waals surface area contributed by atoms with Crippen LogP contribution in [0, 0.1) is 0 Å². The summed E-state index contributed by atoms with van der Waals surface area (Å²) in [6.45, 7) is 0.657. The maximum Gasteiger partial charge on any atom is 0.143 e. The fraction of sp³-hybridized carbons (Fsp3) is 0.500. The number of nitrogens with zero attached hydrogens (tertiary/aromatic N) is 1. The van der Waals surface area contributed by atoms with Gasteiger partial charge in [-0.05, 0) is 12.3 Å². The monoisotopic (exact) mass is 257 g/mol. The molecule has 0 aliphatic rings. The molecule has 0 atom stereocenters. The number of ether oxygens (including phenoxy) is 2. The molecular weight excluding hydrogens is 238 g/mol. The summed E-state index contributed by atoms with van der Waals surface area (Å²) in [6, 6.07) is 3.88. The number of rotatable bonds is 6. The minimum atomic E-state index is 0.103. The highest BCUT2D eigenvalue weighted by Gasteiger charge is 2.13. The van der Waals surface area contributed by atoms with E-state index >= 15 is 0 Å². The Balaban J connectivity index is 3.18. The molecule has 1 N–H and O–H groups in total. The molecule has 0 radical (unpaired) electrons. The van der Waals surface area contributed by atoms with Crippen molar-refractivity contribution in [1.82, 2.24) is 0 Å². The zero-order valence-corrected chi connectivity index (χ0v) is 11.5. The normalized spacial score (nSPS) is 10.2. The maximum absolute atomic E-state index is 8.97. The molecule has 1 aromatic rings. The van der Waals surface area contributed by atoms with Crippen LogP contribution in [0.5, 0.6) is 11.5 Å². The Labute approximate surface area is 107 Å². The summed E-state index contributed by atoms with van der Waals surface area (Å²) < 4.78 is 10.7. The first kappa shape index (κ1) is 14.0. The molecule has 5 heteroatoms. The number of hydrogen-bond donors (Lipinski definition) is 1. The predicted octanol–water partition coefficient (Wildman–Crippen LogP) is 1.85. The number of thioether (sulfide) groups is 1. The molecule has 0 fully saturated rings. The first-order chi connectivity index (χ1) is 8.17. The van der Waals surface area contributed by atoms with Gasteiger partial charge in [0.05, 0.1) is 31.4 Å². The summed E-state index contributed by atoms with van der Waals surface area (Å²) in [6.07, 6.45) is 1.99. The van der Waals surface area contributed by atoms with Crippen LogP contribution in [0.3, 0.4) is 0 Å². The molecule has 0 amide bonds. The largest absolute Gasteiger partial charge is 0.496 e. The topological polar surface area (TPSA) is 41.9 Å². The molecular formula is C12H19NO3S. The second-order valence-corrected chi connectivity index (χ2v) is 4.37. The molecule has 0 spiro atoms. The maximum atomic E-state index is 8.97. The molecule has 0 bridgehead atoms. The van der Waals surface area contributed by atoms with Gasteiger partial charge in [0.2, 0.25) is 0 Å². The highest BCUT2D eigenvalue weighted by molar-refractivity contribution is 7.98. The van der Waals surface area contributed by atoms with E-state index in [1.165, 1.54) is 0 Å². The van der Waals surface area contributed by atoms with Crippen LogP contribution in [-0.2, 0) is 0 Å².